The van der Waals surface area contributed by atoms with Gasteiger partial charge in [-0.2, -0.15) is 8.42 Å². The van der Waals surface area contributed by atoms with E-state index >= 15 is 0 Å². The molecule has 0 spiro atoms. The molecule has 0 aliphatic rings. The molecule has 114 valence electrons. The lowest BCUT2D eigenvalue weighted by molar-refractivity contribution is 0.402. The zero-order chi connectivity index (χ0) is 15.9. The van der Waals surface area contributed by atoms with E-state index in [9.17, 15) is 8.42 Å². The Balaban J connectivity index is 2.27. The molecule has 8 heteroatoms. The van der Waals surface area contributed by atoms with Crippen molar-refractivity contribution in [2.45, 2.75) is 11.8 Å². The fourth-order valence-corrected chi connectivity index (χ4v) is 3.77. The number of nitrogens with zero attached hydrogens (tertiary/aromatic N) is 3. The third kappa shape index (κ3) is 2.32. The molecule has 0 N–H and O–H groups in total. The van der Waals surface area contributed by atoms with Gasteiger partial charge in [-0.05, 0) is 42.8 Å². The molecule has 0 radical (unpaired) electrons. The summed E-state index contributed by atoms with van der Waals surface area (Å²) >= 11 is 5.88. The highest BCUT2D eigenvalue weighted by Crippen LogP contribution is 2.28. The van der Waals surface area contributed by atoms with Crippen molar-refractivity contribution in [1.82, 2.24) is 14.4 Å². The van der Waals surface area contributed by atoms with Crippen LogP contribution in [0.1, 0.15) is 5.56 Å². The van der Waals surface area contributed by atoms with Gasteiger partial charge in [0, 0.05) is 5.02 Å². The Labute approximate surface area is 132 Å². The van der Waals surface area contributed by atoms with Crippen molar-refractivity contribution in [3.8, 4) is 5.75 Å². The minimum atomic E-state index is -3.93. The first-order valence-corrected chi connectivity index (χ1v) is 8.16. The molecule has 2 aromatic carbocycles. The lowest BCUT2D eigenvalue weighted by Crippen LogP contribution is -2.15. The molecular formula is C14H12ClN3O3S. The van der Waals surface area contributed by atoms with Crippen molar-refractivity contribution in [3.63, 3.8) is 0 Å². The van der Waals surface area contributed by atoms with Gasteiger partial charge < -0.3 is 4.74 Å². The highest BCUT2D eigenvalue weighted by atomic mass is 35.5. The van der Waals surface area contributed by atoms with Crippen molar-refractivity contribution in [2.24, 2.45) is 0 Å². The number of halogens is 1. The molecule has 0 atom stereocenters. The maximum atomic E-state index is 12.9. The molecule has 3 aromatic rings. The Morgan fingerprint density at radius 1 is 1.18 bits per heavy atom. The van der Waals surface area contributed by atoms with E-state index in [0.717, 1.165) is 9.65 Å². The van der Waals surface area contributed by atoms with E-state index in [1.54, 1.807) is 37.3 Å². The minimum Gasteiger partial charge on any atom is -0.495 e. The van der Waals surface area contributed by atoms with E-state index in [4.69, 9.17) is 16.3 Å². The first-order valence-electron chi connectivity index (χ1n) is 6.34. The third-order valence-electron chi connectivity index (χ3n) is 3.20. The summed E-state index contributed by atoms with van der Waals surface area (Å²) in [4.78, 5) is 0.0387. The molecular weight excluding hydrogens is 326 g/mol. The molecule has 6 nitrogen and oxygen atoms in total. The van der Waals surface area contributed by atoms with Gasteiger partial charge in [-0.3, -0.25) is 0 Å². The molecule has 0 fully saturated rings. The van der Waals surface area contributed by atoms with Crippen LogP contribution in [0.4, 0.5) is 0 Å². The Hall–Kier alpha value is -2.12. The van der Waals surface area contributed by atoms with Crippen LogP contribution in [0.5, 0.6) is 5.75 Å². The van der Waals surface area contributed by atoms with Gasteiger partial charge in [0.1, 0.15) is 21.7 Å². The molecule has 0 saturated carbocycles. The lowest BCUT2D eigenvalue weighted by atomic mass is 10.2. The van der Waals surface area contributed by atoms with E-state index in [0.29, 0.717) is 16.1 Å². The summed E-state index contributed by atoms with van der Waals surface area (Å²) in [6, 6.07) is 9.64. The van der Waals surface area contributed by atoms with Gasteiger partial charge in [-0.25, -0.2) is 0 Å². The third-order valence-corrected chi connectivity index (χ3v) is 5.04. The Morgan fingerprint density at radius 3 is 2.68 bits per heavy atom. The molecule has 0 aliphatic heterocycles. The predicted molar refractivity (Wildman–Crippen MR) is 82.9 cm³/mol. The van der Waals surface area contributed by atoms with Crippen LogP contribution in [0.2, 0.25) is 5.02 Å². The zero-order valence-corrected chi connectivity index (χ0v) is 13.4. The van der Waals surface area contributed by atoms with Crippen molar-refractivity contribution in [3.05, 3.63) is 47.0 Å². The van der Waals surface area contributed by atoms with Gasteiger partial charge in [0.2, 0.25) is 0 Å². The van der Waals surface area contributed by atoms with Gasteiger partial charge in [0.05, 0.1) is 7.11 Å². The SMILES string of the molecule is COc1ccc(C)cc1S(=O)(=O)n1nnc2cc(Cl)ccc21. The zero-order valence-electron chi connectivity index (χ0n) is 11.8. The Morgan fingerprint density at radius 2 is 1.95 bits per heavy atom. The lowest BCUT2D eigenvalue weighted by Gasteiger charge is -2.10. The monoisotopic (exact) mass is 337 g/mol. The number of aromatic nitrogens is 3. The summed E-state index contributed by atoms with van der Waals surface area (Å²) in [6.45, 7) is 1.80. The quantitative estimate of drug-likeness (QED) is 0.734. The van der Waals surface area contributed by atoms with Gasteiger partial charge in [0.15, 0.2) is 0 Å². The molecule has 1 heterocycles. The van der Waals surface area contributed by atoms with E-state index in [1.807, 2.05) is 0 Å². The van der Waals surface area contributed by atoms with E-state index in [2.05, 4.69) is 10.3 Å². The molecule has 0 bridgehead atoms. The summed E-state index contributed by atoms with van der Waals surface area (Å²) in [6.07, 6.45) is 0. The number of ether oxygens (including phenoxy) is 1. The van der Waals surface area contributed by atoms with Crippen molar-refractivity contribution >= 4 is 32.7 Å². The van der Waals surface area contributed by atoms with Crippen molar-refractivity contribution in [1.29, 1.82) is 0 Å². The molecule has 0 saturated heterocycles. The molecule has 0 aliphatic carbocycles. The number of aryl methyl sites for hydroxylation is 1. The summed E-state index contributed by atoms with van der Waals surface area (Å²) < 4.78 is 31.8. The molecule has 22 heavy (non-hydrogen) atoms. The first-order chi connectivity index (χ1) is 10.4. The molecule has 0 amide bonds. The van der Waals surface area contributed by atoms with Crippen molar-refractivity contribution < 1.29 is 13.2 Å². The van der Waals surface area contributed by atoms with Crippen LogP contribution in [0.25, 0.3) is 11.0 Å². The van der Waals surface area contributed by atoms with Crippen LogP contribution in [0.3, 0.4) is 0 Å². The molecule has 1 aromatic heterocycles. The number of methoxy groups -OCH3 is 1. The van der Waals surface area contributed by atoms with Crippen LogP contribution in [-0.4, -0.2) is 29.9 Å². The number of hydrogen-bond donors (Lipinski definition) is 0. The van der Waals surface area contributed by atoms with Crippen LogP contribution in [0.15, 0.2) is 41.3 Å². The average Bonchev–Trinajstić information content (AvgIpc) is 2.90. The maximum absolute atomic E-state index is 12.9. The van der Waals surface area contributed by atoms with Crippen molar-refractivity contribution in [2.75, 3.05) is 7.11 Å². The van der Waals surface area contributed by atoms with Crippen LogP contribution < -0.4 is 4.74 Å². The Bertz CT molecular complexity index is 967. The Kier molecular flexibility index (Phi) is 3.54. The second kappa shape index (κ2) is 5.26. The number of rotatable bonds is 3. The van der Waals surface area contributed by atoms with Crippen LogP contribution >= 0.6 is 11.6 Å². The van der Waals surface area contributed by atoms with Crippen LogP contribution in [0, 0.1) is 6.92 Å². The summed E-state index contributed by atoms with van der Waals surface area (Å²) in [5, 5.41) is 8.07. The van der Waals surface area contributed by atoms with E-state index < -0.39 is 10.0 Å². The van der Waals surface area contributed by atoms with E-state index in [1.165, 1.54) is 13.2 Å². The summed E-state index contributed by atoms with van der Waals surface area (Å²) in [7, 11) is -2.51. The summed E-state index contributed by atoms with van der Waals surface area (Å²) in [5.74, 6) is 0.253. The van der Waals surface area contributed by atoms with Gasteiger partial charge in [0.25, 0.3) is 10.0 Å². The maximum Gasteiger partial charge on any atom is 0.288 e. The van der Waals surface area contributed by atoms with Gasteiger partial charge in [-0.15, -0.1) is 9.19 Å². The highest BCUT2D eigenvalue weighted by molar-refractivity contribution is 7.90. The fourth-order valence-electron chi connectivity index (χ4n) is 2.13. The number of hydrogen-bond acceptors (Lipinski definition) is 5. The highest BCUT2D eigenvalue weighted by Gasteiger charge is 2.25. The summed E-state index contributed by atoms with van der Waals surface area (Å²) in [5.41, 5.74) is 1.56. The number of fused-ring (bicyclic) bond motifs is 1. The normalized spacial score (nSPS) is 11.8. The second-order valence-electron chi connectivity index (χ2n) is 4.72. The van der Waals surface area contributed by atoms with Gasteiger partial charge >= 0.3 is 0 Å². The molecule has 3 rings (SSSR count). The molecule has 0 unspecified atom stereocenters. The van der Waals surface area contributed by atoms with E-state index in [-0.39, 0.29) is 10.6 Å². The fraction of sp³-hybridized carbons (Fsp3) is 0.143. The minimum absolute atomic E-state index is 0.0387. The predicted octanol–water partition coefficient (Wildman–Crippen LogP) is 2.64. The largest absolute Gasteiger partial charge is 0.495 e. The topological polar surface area (TPSA) is 74.1 Å². The number of benzene rings is 2. The van der Waals surface area contributed by atoms with Gasteiger partial charge in [-0.1, -0.05) is 22.9 Å². The smallest absolute Gasteiger partial charge is 0.288 e. The standard InChI is InChI=1S/C14H12ClN3O3S/c1-9-3-6-13(21-2)14(7-9)22(19,20)18-12-5-4-10(15)8-11(12)16-17-18/h3-8H,1-2H3. The van der Waals surface area contributed by atoms with Crippen LogP contribution in [-0.2, 0) is 10.0 Å². The first kappa shape index (κ1) is 14.8. The average molecular weight is 338 g/mol. The second-order valence-corrected chi connectivity index (χ2v) is 6.90.